The highest BCUT2D eigenvalue weighted by Gasteiger charge is 2.32. The first-order valence-corrected chi connectivity index (χ1v) is 7.71. The van der Waals surface area contributed by atoms with Gasteiger partial charge in [-0.25, -0.2) is 4.39 Å². The van der Waals surface area contributed by atoms with E-state index in [2.05, 4.69) is 5.32 Å². The van der Waals surface area contributed by atoms with Crippen molar-refractivity contribution in [1.82, 2.24) is 5.32 Å². The first-order chi connectivity index (χ1) is 10.5. The molecule has 1 aromatic carbocycles. The Labute approximate surface area is 129 Å². The van der Waals surface area contributed by atoms with E-state index in [-0.39, 0.29) is 36.3 Å². The fourth-order valence-electron chi connectivity index (χ4n) is 2.63. The first kappa shape index (κ1) is 16.6. The molecule has 2 rings (SSSR count). The van der Waals surface area contributed by atoms with E-state index in [0.717, 1.165) is 12.8 Å². The van der Waals surface area contributed by atoms with Gasteiger partial charge in [0, 0.05) is 30.6 Å². The largest absolute Gasteiger partial charge is 0.396 e. The lowest BCUT2D eigenvalue weighted by Gasteiger charge is -2.18. The van der Waals surface area contributed by atoms with Crippen LogP contribution in [0.3, 0.4) is 0 Å². The standard InChI is InChI=1S/C17H22FNO3/c1-11(17(22)13-3-2-4-14(18)10-13)9-16(21)19-15(7-8-20)12-5-6-12/h2-4,10-12,15,20H,5-9H2,1H3,(H,19,21). The van der Waals surface area contributed by atoms with Crippen molar-refractivity contribution < 1.29 is 19.1 Å². The van der Waals surface area contributed by atoms with Crippen LogP contribution in [0, 0.1) is 17.7 Å². The van der Waals surface area contributed by atoms with E-state index < -0.39 is 11.7 Å². The van der Waals surface area contributed by atoms with Gasteiger partial charge in [0.25, 0.3) is 0 Å². The zero-order valence-electron chi connectivity index (χ0n) is 12.7. The van der Waals surface area contributed by atoms with Crippen molar-refractivity contribution in [2.45, 2.75) is 38.6 Å². The second kappa shape index (κ2) is 7.49. The van der Waals surface area contributed by atoms with Gasteiger partial charge in [-0.3, -0.25) is 9.59 Å². The third-order valence-electron chi connectivity index (χ3n) is 4.03. The Bertz CT molecular complexity index is 542. The van der Waals surface area contributed by atoms with Crippen molar-refractivity contribution in [3.8, 4) is 0 Å². The summed E-state index contributed by atoms with van der Waals surface area (Å²) in [5.41, 5.74) is 0.286. The zero-order chi connectivity index (χ0) is 16.1. The number of Topliss-reactive ketones (excluding diaryl/α,β-unsaturated/α-hetero) is 1. The minimum Gasteiger partial charge on any atom is -0.396 e. The third-order valence-corrected chi connectivity index (χ3v) is 4.03. The number of amides is 1. The Morgan fingerprint density at radius 2 is 2.14 bits per heavy atom. The molecule has 22 heavy (non-hydrogen) atoms. The number of aliphatic hydroxyl groups is 1. The van der Waals surface area contributed by atoms with Crippen LogP contribution in [0.15, 0.2) is 24.3 Å². The van der Waals surface area contributed by atoms with Crippen LogP contribution in [0.4, 0.5) is 4.39 Å². The average molecular weight is 307 g/mol. The Hall–Kier alpha value is -1.75. The maximum absolute atomic E-state index is 13.2. The van der Waals surface area contributed by atoms with Crippen LogP contribution >= 0.6 is 0 Å². The smallest absolute Gasteiger partial charge is 0.220 e. The molecular weight excluding hydrogens is 285 g/mol. The maximum atomic E-state index is 13.2. The molecule has 0 heterocycles. The van der Waals surface area contributed by atoms with E-state index in [4.69, 9.17) is 5.11 Å². The second-order valence-corrected chi connectivity index (χ2v) is 6.00. The lowest BCUT2D eigenvalue weighted by Crippen LogP contribution is -2.38. The van der Waals surface area contributed by atoms with Gasteiger partial charge < -0.3 is 10.4 Å². The zero-order valence-corrected chi connectivity index (χ0v) is 12.7. The van der Waals surface area contributed by atoms with Crippen molar-refractivity contribution in [2.75, 3.05) is 6.61 Å². The molecule has 0 aromatic heterocycles. The molecule has 1 saturated carbocycles. The Kier molecular flexibility index (Phi) is 5.66. The normalized spacial score (nSPS) is 16.9. The minimum atomic E-state index is -0.504. The minimum absolute atomic E-state index is 0.00558. The molecule has 0 bridgehead atoms. The molecule has 1 aromatic rings. The molecule has 1 amide bonds. The fourth-order valence-corrected chi connectivity index (χ4v) is 2.63. The molecule has 1 aliphatic rings. The summed E-state index contributed by atoms with van der Waals surface area (Å²) in [6, 6.07) is 5.51. The van der Waals surface area contributed by atoms with Crippen molar-refractivity contribution >= 4 is 11.7 Å². The summed E-state index contributed by atoms with van der Waals surface area (Å²) < 4.78 is 13.2. The van der Waals surface area contributed by atoms with Gasteiger partial charge in [0.1, 0.15) is 5.82 Å². The summed E-state index contributed by atoms with van der Waals surface area (Å²) in [4.78, 5) is 24.3. The van der Waals surface area contributed by atoms with Crippen LogP contribution in [-0.2, 0) is 4.79 Å². The Morgan fingerprint density at radius 1 is 1.41 bits per heavy atom. The molecule has 4 nitrogen and oxygen atoms in total. The van der Waals surface area contributed by atoms with Crippen LogP contribution in [0.25, 0.3) is 0 Å². The number of aliphatic hydroxyl groups excluding tert-OH is 1. The predicted octanol–water partition coefficient (Wildman–Crippen LogP) is 2.31. The van der Waals surface area contributed by atoms with E-state index >= 15 is 0 Å². The Morgan fingerprint density at radius 3 is 2.73 bits per heavy atom. The number of hydrogen-bond acceptors (Lipinski definition) is 3. The molecule has 5 heteroatoms. The number of hydrogen-bond donors (Lipinski definition) is 2. The SMILES string of the molecule is CC(CC(=O)NC(CCO)C1CC1)C(=O)c1cccc(F)c1. The van der Waals surface area contributed by atoms with Crippen LogP contribution in [0.5, 0.6) is 0 Å². The molecule has 0 spiro atoms. The molecule has 2 N–H and O–H groups in total. The van der Waals surface area contributed by atoms with E-state index in [1.54, 1.807) is 13.0 Å². The van der Waals surface area contributed by atoms with Gasteiger partial charge >= 0.3 is 0 Å². The van der Waals surface area contributed by atoms with Gasteiger partial charge in [0.05, 0.1) is 0 Å². The number of carbonyl (C=O) groups is 2. The van der Waals surface area contributed by atoms with Crippen molar-refractivity contribution in [1.29, 1.82) is 0 Å². The molecule has 0 aliphatic heterocycles. The van der Waals surface area contributed by atoms with E-state index in [1.165, 1.54) is 18.2 Å². The molecule has 2 unspecified atom stereocenters. The summed E-state index contributed by atoms with van der Waals surface area (Å²) >= 11 is 0. The van der Waals surface area contributed by atoms with Gasteiger partial charge in [-0.1, -0.05) is 19.1 Å². The molecule has 0 radical (unpaired) electrons. The molecule has 2 atom stereocenters. The highest BCUT2D eigenvalue weighted by Crippen LogP contribution is 2.34. The first-order valence-electron chi connectivity index (χ1n) is 7.71. The van der Waals surface area contributed by atoms with Crippen LogP contribution in [0.1, 0.15) is 43.0 Å². The average Bonchev–Trinajstić information content (AvgIpc) is 3.30. The van der Waals surface area contributed by atoms with Crippen molar-refractivity contribution in [3.63, 3.8) is 0 Å². The summed E-state index contributed by atoms with van der Waals surface area (Å²) in [6.45, 7) is 1.71. The Balaban J connectivity index is 1.88. The lowest BCUT2D eigenvalue weighted by molar-refractivity contribution is -0.122. The molecule has 1 fully saturated rings. The summed E-state index contributed by atoms with van der Waals surface area (Å²) in [5.74, 6) is -0.942. The predicted molar refractivity (Wildman–Crippen MR) is 80.9 cm³/mol. The van der Waals surface area contributed by atoms with Crippen LogP contribution in [0.2, 0.25) is 0 Å². The van der Waals surface area contributed by atoms with Gasteiger partial charge in [-0.05, 0) is 37.3 Å². The summed E-state index contributed by atoms with van der Waals surface area (Å²) in [5, 5.41) is 11.9. The van der Waals surface area contributed by atoms with E-state index in [0.29, 0.717) is 12.3 Å². The maximum Gasteiger partial charge on any atom is 0.220 e. The van der Waals surface area contributed by atoms with Crippen molar-refractivity contribution in [3.05, 3.63) is 35.6 Å². The quantitative estimate of drug-likeness (QED) is 0.724. The molecule has 120 valence electrons. The van der Waals surface area contributed by atoms with Crippen LogP contribution < -0.4 is 5.32 Å². The summed E-state index contributed by atoms with van der Waals surface area (Å²) in [7, 11) is 0. The molecular formula is C17H22FNO3. The fraction of sp³-hybridized carbons (Fsp3) is 0.529. The number of halogens is 1. The number of carbonyl (C=O) groups excluding carboxylic acids is 2. The number of benzene rings is 1. The highest BCUT2D eigenvalue weighted by atomic mass is 19.1. The van der Waals surface area contributed by atoms with Crippen LogP contribution in [-0.4, -0.2) is 29.4 Å². The monoisotopic (exact) mass is 307 g/mol. The third kappa shape index (κ3) is 4.63. The van der Waals surface area contributed by atoms with Gasteiger partial charge in [0.15, 0.2) is 5.78 Å². The highest BCUT2D eigenvalue weighted by molar-refractivity contribution is 5.99. The van der Waals surface area contributed by atoms with E-state index in [1.807, 2.05) is 0 Å². The van der Waals surface area contributed by atoms with Gasteiger partial charge in [-0.2, -0.15) is 0 Å². The second-order valence-electron chi connectivity index (χ2n) is 6.00. The number of rotatable bonds is 8. The number of nitrogens with one attached hydrogen (secondary N) is 1. The molecule has 1 aliphatic carbocycles. The topological polar surface area (TPSA) is 66.4 Å². The van der Waals surface area contributed by atoms with E-state index in [9.17, 15) is 14.0 Å². The van der Waals surface area contributed by atoms with Gasteiger partial charge in [-0.15, -0.1) is 0 Å². The summed E-state index contributed by atoms with van der Waals surface area (Å²) in [6.07, 6.45) is 2.76. The molecule has 0 saturated heterocycles. The van der Waals surface area contributed by atoms with Crippen molar-refractivity contribution in [2.24, 2.45) is 11.8 Å². The number of ketones is 1. The lowest BCUT2D eigenvalue weighted by atomic mass is 9.95. The van der Waals surface area contributed by atoms with Gasteiger partial charge in [0.2, 0.25) is 5.91 Å².